The predicted molar refractivity (Wildman–Crippen MR) is 95.1 cm³/mol. The maximum atomic E-state index is 10.5. The molecular formula is C20H34O4. The summed E-state index contributed by atoms with van der Waals surface area (Å²) in [6.07, 6.45) is 16.7. The molecule has 0 aromatic carbocycles. The molecule has 0 amide bonds. The zero-order valence-corrected chi connectivity index (χ0v) is 15.1. The molecule has 0 aliphatic carbocycles. The molecule has 4 heteroatoms. The number of ether oxygens (including phenoxy) is 2. The Bertz CT molecular complexity index is 393. The van der Waals surface area contributed by atoms with Gasteiger partial charge in [-0.25, -0.2) is 0 Å². The van der Waals surface area contributed by atoms with Crippen LogP contribution in [0.4, 0.5) is 0 Å². The number of hydrogen-bond acceptors (Lipinski definition) is 3. The molecule has 1 N–H and O–H groups in total. The lowest BCUT2D eigenvalue weighted by atomic mass is 9.84. The molecule has 2 fully saturated rings. The number of unbranched alkanes of at least 4 members (excludes halogenated alkanes) is 5. The molecule has 4 nitrogen and oxygen atoms in total. The first-order valence-corrected chi connectivity index (χ1v) is 9.86. The van der Waals surface area contributed by atoms with Crippen molar-refractivity contribution in [1.82, 2.24) is 0 Å². The topological polar surface area (TPSA) is 55.8 Å². The Morgan fingerprint density at radius 1 is 1.12 bits per heavy atom. The fraction of sp³-hybridized carbons (Fsp3) is 0.850. The summed E-state index contributed by atoms with van der Waals surface area (Å²) >= 11 is 0. The Hall–Kier alpha value is -0.870. The van der Waals surface area contributed by atoms with Gasteiger partial charge in [0.1, 0.15) is 0 Å². The van der Waals surface area contributed by atoms with E-state index in [1.54, 1.807) is 0 Å². The Morgan fingerprint density at radius 2 is 1.92 bits per heavy atom. The van der Waals surface area contributed by atoms with E-state index >= 15 is 0 Å². The van der Waals surface area contributed by atoms with Gasteiger partial charge in [0.15, 0.2) is 0 Å². The van der Waals surface area contributed by atoms with Crippen LogP contribution in [0.5, 0.6) is 0 Å². The fourth-order valence-corrected chi connectivity index (χ4v) is 3.92. The molecule has 24 heavy (non-hydrogen) atoms. The molecule has 0 saturated carbocycles. The van der Waals surface area contributed by atoms with Crippen LogP contribution in [0.3, 0.4) is 0 Å². The number of allylic oxidation sites excluding steroid dienone is 2. The number of hydrogen-bond donors (Lipinski definition) is 1. The van der Waals surface area contributed by atoms with Gasteiger partial charge < -0.3 is 14.6 Å². The van der Waals surface area contributed by atoms with Crippen molar-refractivity contribution in [2.75, 3.05) is 6.61 Å². The van der Waals surface area contributed by atoms with E-state index in [0.717, 1.165) is 38.7 Å². The molecule has 0 unspecified atom stereocenters. The third-order valence-corrected chi connectivity index (χ3v) is 5.25. The van der Waals surface area contributed by atoms with E-state index in [-0.39, 0.29) is 12.5 Å². The van der Waals surface area contributed by atoms with Crippen LogP contribution in [0.2, 0.25) is 0 Å². The lowest BCUT2D eigenvalue weighted by Crippen LogP contribution is -2.34. The van der Waals surface area contributed by atoms with Gasteiger partial charge in [-0.1, -0.05) is 44.8 Å². The van der Waals surface area contributed by atoms with Gasteiger partial charge >= 0.3 is 5.97 Å². The summed E-state index contributed by atoms with van der Waals surface area (Å²) in [5.41, 5.74) is 0. The average molecular weight is 338 g/mol. The zero-order chi connectivity index (χ0) is 17.2. The number of carbonyl (C=O) groups is 1. The van der Waals surface area contributed by atoms with Crippen molar-refractivity contribution in [1.29, 1.82) is 0 Å². The molecule has 2 aliphatic rings. The number of fused-ring (bicyclic) bond motifs is 2. The summed E-state index contributed by atoms with van der Waals surface area (Å²) in [6.45, 7) is 3.10. The second-order valence-corrected chi connectivity index (χ2v) is 7.20. The molecule has 4 atom stereocenters. The van der Waals surface area contributed by atoms with Crippen LogP contribution in [-0.4, -0.2) is 36.0 Å². The minimum Gasteiger partial charge on any atom is -0.481 e. The third kappa shape index (κ3) is 6.21. The quantitative estimate of drug-likeness (QED) is 0.390. The van der Waals surface area contributed by atoms with Crippen molar-refractivity contribution in [2.24, 2.45) is 5.92 Å². The Labute approximate surface area is 146 Å². The summed E-state index contributed by atoms with van der Waals surface area (Å²) in [7, 11) is 0. The highest BCUT2D eigenvalue weighted by atomic mass is 16.6. The van der Waals surface area contributed by atoms with Gasteiger partial charge in [-0.2, -0.15) is 0 Å². The zero-order valence-electron chi connectivity index (χ0n) is 15.1. The van der Waals surface area contributed by atoms with E-state index in [2.05, 4.69) is 19.1 Å². The molecule has 2 rings (SSSR count). The van der Waals surface area contributed by atoms with E-state index in [1.807, 2.05) is 0 Å². The molecule has 0 spiro atoms. The first-order valence-electron chi connectivity index (χ1n) is 9.86. The van der Waals surface area contributed by atoms with E-state index in [0.29, 0.717) is 18.1 Å². The van der Waals surface area contributed by atoms with Crippen LogP contribution in [0, 0.1) is 5.92 Å². The van der Waals surface area contributed by atoms with Crippen LogP contribution < -0.4 is 0 Å². The van der Waals surface area contributed by atoms with Gasteiger partial charge in [0.2, 0.25) is 0 Å². The Balaban J connectivity index is 1.65. The van der Waals surface area contributed by atoms with Gasteiger partial charge in [0.25, 0.3) is 0 Å². The second-order valence-electron chi connectivity index (χ2n) is 7.20. The molecule has 2 bridgehead atoms. The Kier molecular flexibility index (Phi) is 8.82. The monoisotopic (exact) mass is 338 g/mol. The van der Waals surface area contributed by atoms with E-state index < -0.39 is 5.97 Å². The van der Waals surface area contributed by atoms with Crippen molar-refractivity contribution < 1.29 is 19.4 Å². The van der Waals surface area contributed by atoms with Crippen molar-refractivity contribution in [3.8, 4) is 0 Å². The number of aliphatic carboxylic acids is 1. The molecule has 2 aliphatic heterocycles. The first kappa shape index (κ1) is 19.5. The summed E-state index contributed by atoms with van der Waals surface area (Å²) in [5, 5.41) is 8.64. The number of carboxylic acids is 1. The van der Waals surface area contributed by atoms with Crippen LogP contribution in [0.25, 0.3) is 0 Å². The van der Waals surface area contributed by atoms with Crippen LogP contribution in [0.1, 0.15) is 77.6 Å². The summed E-state index contributed by atoms with van der Waals surface area (Å²) in [6, 6.07) is 0. The number of rotatable bonds is 13. The average Bonchev–Trinajstić information content (AvgIpc) is 3.15. The minimum atomic E-state index is -0.711. The van der Waals surface area contributed by atoms with Gasteiger partial charge in [-0.05, 0) is 38.5 Å². The lowest BCUT2D eigenvalue weighted by molar-refractivity contribution is -0.137. The SMILES string of the molecule is CCCCCCCO[C@H]1[C@H](C/C=C\CCCC(=O)O)[C@@H]2CC[C@H]1O2. The normalized spacial score (nSPS) is 28.9. The molecule has 0 radical (unpaired) electrons. The highest BCUT2D eigenvalue weighted by Crippen LogP contribution is 2.42. The summed E-state index contributed by atoms with van der Waals surface area (Å²) in [4.78, 5) is 10.5. The van der Waals surface area contributed by atoms with Crippen molar-refractivity contribution in [3.05, 3.63) is 12.2 Å². The predicted octanol–water partition coefficient (Wildman–Crippen LogP) is 4.72. The Morgan fingerprint density at radius 3 is 2.71 bits per heavy atom. The van der Waals surface area contributed by atoms with Crippen LogP contribution >= 0.6 is 0 Å². The molecule has 0 aromatic heterocycles. The maximum Gasteiger partial charge on any atom is 0.303 e. The van der Waals surface area contributed by atoms with Gasteiger partial charge in [0, 0.05) is 18.9 Å². The van der Waals surface area contributed by atoms with Gasteiger partial charge in [-0.3, -0.25) is 4.79 Å². The largest absolute Gasteiger partial charge is 0.481 e. The first-order chi connectivity index (χ1) is 11.7. The van der Waals surface area contributed by atoms with Crippen LogP contribution in [0.15, 0.2) is 12.2 Å². The van der Waals surface area contributed by atoms with Crippen molar-refractivity contribution in [2.45, 2.75) is 95.9 Å². The maximum absolute atomic E-state index is 10.5. The van der Waals surface area contributed by atoms with E-state index in [9.17, 15) is 4.79 Å². The minimum absolute atomic E-state index is 0.255. The molecular weight excluding hydrogens is 304 g/mol. The standard InChI is InChI=1S/C20H34O4/c1-2-3-4-7-10-15-23-20-16(17-13-14-18(20)24-17)11-8-5-6-9-12-19(21)22/h5,8,16-18,20H,2-4,6-7,9-15H2,1H3,(H,21,22)/b8-5-/t16-,17+,18-,20+/m1/s1. The summed E-state index contributed by atoms with van der Waals surface area (Å²) in [5.74, 6) is -0.229. The van der Waals surface area contributed by atoms with E-state index in [1.165, 1.54) is 32.1 Å². The third-order valence-electron chi connectivity index (χ3n) is 5.25. The van der Waals surface area contributed by atoms with Crippen molar-refractivity contribution in [3.63, 3.8) is 0 Å². The molecule has 2 saturated heterocycles. The molecule has 2 heterocycles. The lowest BCUT2D eigenvalue weighted by Gasteiger charge is -2.27. The van der Waals surface area contributed by atoms with Gasteiger partial charge in [0.05, 0.1) is 18.3 Å². The van der Waals surface area contributed by atoms with Gasteiger partial charge in [-0.15, -0.1) is 0 Å². The van der Waals surface area contributed by atoms with Crippen molar-refractivity contribution >= 4 is 5.97 Å². The smallest absolute Gasteiger partial charge is 0.303 e. The summed E-state index contributed by atoms with van der Waals surface area (Å²) < 4.78 is 12.3. The van der Waals surface area contributed by atoms with E-state index in [4.69, 9.17) is 14.6 Å². The second kappa shape index (κ2) is 10.9. The van der Waals surface area contributed by atoms with Crippen LogP contribution in [-0.2, 0) is 14.3 Å². The highest BCUT2D eigenvalue weighted by molar-refractivity contribution is 5.66. The fourth-order valence-electron chi connectivity index (χ4n) is 3.92. The molecule has 138 valence electrons. The highest BCUT2D eigenvalue weighted by Gasteiger charge is 2.48. The molecule has 0 aromatic rings. The number of carboxylic acid groups (broad SMARTS) is 1.